The Bertz CT molecular complexity index is 147. The van der Waals surface area contributed by atoms with Crippen LogP contribution in [0.3, 0.4) is 0 Å². The molecule has 1 amide bonds. The highest BCUT2D eigenvalue weighted by molar-refractivity contribution is 5.81. The predicted octanol–water partition coefficient (Wildman–Crippen LogP) is 0.217. The number of likely N-dealkylation sites (tertiary alicyclic amines) is 1. The molecular formula is C8H16N2O. The summed E-state index contributed by atoms with van der Waals surface area (Å²) >= 11 is 0. The minimum atomic E-state index is 0.134. The Labute approximate surface area is 67.8 Å². The van der Waals surface area contributed by atoms with E-state index in [1.807, 2.05) is 14.0 Å². The first-order valence-electron chi connectivity index (χ1n) is 4.23. The standard InChI is InChI=1S/C8H16N2O/c1-3-9-8(11)7-5-4-6-10(7)2/h7H,3-6H2,1-2H3,(H,9,11)/t7-/m0/s1. The Kier molecular flexibility index (Phi) is 2.88. The highest BCUT2D eigenvalue weighted by atomic mass is 16.2. The van der Waals surface area contributed by atoms with E-state index in [-0.39, 0.29) is 11.9 Å². The highest BCUT2D eigenvalue weighted by Gasteiger charge is 2.26. The summed E-state index contributed by atoms with van der Waals surface area (Å²) in [7, 11) is 2.01. The average molecular weight is 156 g/mol. The van der Waals surface area contributed by atoms with Crippen LogP contribution in [0, 0.1) is 0 Å². The summed E-state index contributed by atoms with van der Waals surface area (Å²) in [4.78, 5) is 13.4. The third-order valence-corrected chi connectivity index (χ3v) is 2.17. The number of nitrogens with one attached hydrogen (secondary N) is 1. The molecule has 0 unspecified atom stereocenters. The van der Waals surface area contributed by atoms with Gasteiger partial charge < -0.3 is 5.32 Å². The Morgan fingerprint density at radius 2 is 2.45 bits per heavy atom. The molecule has 0 aromatic rings. The second-order valence-electron chi connectivity index (χ2n) is 3.03. The van der Waals surface area contributed by atoms with Gasteiger partial charge in [-0.2, -0.15) is 0 Å². The second-order valence-corrected chi connectivity index (χ2v) is 3.03. The van der Waals surface area contributed by atoms with Crippen LogP contribution >= 0.6 is 0 Å². The summed E-state index contributed by atoms with van der Waals surface area (Å²) in [6, 6.07) is 0.134. The van der Waals surface area contributed by atoms with Gasteiger partial charge in [-0.25, -0.2) is 0 Å². The Morgan fingerprint density at radius 3 is 2.91 bits per heavy atom. The van der Waals surface area contributed by atoms with Crippen LogP contribution in [0.25, 0.3) is 0 Å². The van der Waals surface area contributed by atoms with Crippen molar-refractivity contribution < 1.29 is 4.79 Å². The van der Waals surface area contributed by atoms with E-state index >= 15 is 0 Å². The molecule has 3 nitrogen and oxygen atoms in total. The number of carbonyl (C=O) groups is 1. The smallest absolute Gasteiger partial charge is 0.237 e. The quantitative estimate of drug-likeness (QED) is 0.620. The topological polar surface area (TPSA) is 32.3 Å². The van der Waals surface area contributed by atoms with Crippen LogP contribution in [0.4, 0.5) is 0 Å². The Balaban J connectivity index is 2.39. The summed E-state index contributed by atoms with van der Waals surface area (Å²) in [6.07, 6.45) is 2.17. The highest BCUT2D eigenvalue weighted by Crippen LogP contribution is 2.14. The van der Waals surface area contributed by atoms with Crippen molar-refractivity contribution in [1.82, 2.24) is 10.2 Å². The lowest BCUT2D eigenvalue weighted by molar-refractivity contribution is -0.124. The molecule has 1 aliphatic rings. The summed E-state index contributed by atoms with van der Waals surface area (Å²) in [5.74, 6) is 0.188. The molecule has 1 N–H and O–H groups in total. The van der Waals surface area contributed by atoms with E-state index in [4.69, 9.17) is 0 Å². The number of nitrogens with zero attached hydrogens (tertiary/aromatic N) is 1. The summed E-state index contributed by atoms with van der Waals surface area (Å²) in [6.45, 7) is 3.75. The predicted molar refractivity (Wildman–Crippen MR) is 44.3 cm³/mol. The van der Waals surface area contributed by atoms with Crippen molar-refractivity contribution in [2.45, 2.75) is 25.8 Å². The molecule has 1 rings (SSSR count). The molecule has 0 spiro atoms. The number of hydrogen-bond donors (Lipinski definition) is 1. The molecule has 0 saturated carbocycles. The van der Waals surface area contributed by atoms with E-state index in [0.29, 0.717) is 0 Å². The Morgan fingerprint density at radius 1 is 1.73 bits per heavy atom. The van der Waals surface area contributed by atoms with Gasteiger partial charge in [0.25, 0.3) is 0 Å². The maximum absolute atomic E-state index is 11.3. The molecule has 1 aliphatic heterocycles. The Hall–Kier alpha value is -0.570. The lowest BCUT2D eigenvalue weighted by Gasteiger charge is -2.17. The van der Waals surface area contributed by atoms with Crippen LogP contribution in [0.1, 0.15) is 19.8 Å². The number of hydrogen-bond acceptors (Lipinski definition) is 2. The van der Waals surface area contributed by atoms with Crippen LogP contribution in [0.5, 0.6) is 0 Å². The lowest BCUT2D eigenvalue weighted by Crippen LogP contribution is -2.41. The van der Waals surface area contributed by atoms with Gasteiger partial charge in [-0.05, 0) is 33.4 Å². The first-order valence-corrected chi connectivity index (χ1v) is 4.23. The number of amides is 1. The normalized spacial score (nSPS) is 25.5. The second kappa shape index (κ2) is 3.72. The van der Waals surface area contributed by atoms with E-state index < -0.39 is 0 Å². The van der Waals surface area contributed by atoms with Crippen molar-refractivity contribution in [3.05, 3.63) is 0 Å². The third kappa shape index (κ3) is 1.93. The van der Waals surface area contributed by atoms with Crippen LogP contribution in [0.2, 0.25) is 0 Å². The van der Waals surface area contributed by atoms with Crippen molar-refractivity contribution in [2.75, 3.05) is 20.1 Å². The summed E-state index contributed by atoms with van der Waals surface area (Å²) in [5.41, 5.74) is 0. The maximum atomic E-state index is 11.3. The van der Waals surface area contributed by atoms with Crippen molar-refractivity contribution in [2.24, 2.45) is 0 Å². The molecule has 11 heavy (non-hydrogen) atoms. The molecule has 1 saturated heterocycles. The van der Waals surface area contributed by atoms with E-state index in [1.54, 1.807) is 0 Å². The number of carbonyl (C=O) groups excluding carboxylic acids is 1. The molecule has 0 radical (unpaired) electrons. The van der Waals surface area contributed by atoms with E-state index in [2.05, 4.69) is 10.2 Å². The summed E-state index contributed by atoms with van der Waals surface area (Å²) < 4.78 is 0. The van der Waals surface area contributed by atoms with Crippen LogP contribution < -0.4 is 5.32 Å². The van der Waals surface area contributed by atoms with Gasteiger partial charge in [-0.15, -0.1) is 0 Å². The SMILES string of the molecule is CCNC(=O)[C@@H]1CCCN1C. The average Bonchev–Trinajstić information content (AvgIpc) is 2.36. The van der Waals surface area contributed by atoms with E-state index in [9.17, 15) is 4.79 Å². The summed E-state index contributed by atoms with van der Waals surface area (Å²) in [5, 5.41) is 2.84. The van der Waals surface area contributed by atoms with Crippen molar-refractivity contribution in [1.29, 1.82) is 0 Å². The van der Waals surface area contributed by atoms with Crippen LogP contribution in [-0.2, 0) is 4.79 Å². The first-order chi connectivity index (χ1) is 5.25. The molecule has 1 fully saturated rings. The third-order valence-electron chi connectivity index (χ3n) is 2.17. The zero-order chi connectivity index (χ0) is 8.27. The van der Waals surface area contributed by atoms with Crippen LogP contribution in [-0.4, -0.2) is 37.0 Å². The molecular weight excluding hydrogens is 140 g/mol. The number of likely N-dealkylation sites (N-methyl/N-ethyl adjacent to an activating group) is 2. The van der Waals surface area contributed by atoms with Gasteiger partial charge in [0.1, 0.15) is 0 Å². The fourth-order valence-electron chi connectivity index (χ4n) is 1.53. The van der Waals surface area contributed by atoms with Crippen molar-refractivity contribution >= 4 is 5.91 Å². The van der Waals surface area contributed by atoms with Crippen molar-refractivity contribution in [3.8, 4) is 0 Å². The molecule has 0 bridgehead atoms. The van der Waals surface area contributed by atoms with Gasteiger partial charge in [0, 0.05) is 6.54 Å². The van der Waals surface area contributed by atoms with E-state index in [1.165, 1.54) is 0 Å². The van der Waals surface area contributed by atoms with Gasteiger partial charge in [0.2, 0.25) is 5.91 Å². The largest absolute Gasteiger partial charge is 0.355 e. The fourth-order valence-corrected chi connectivity index (χ4v) is 1.53. The van der Waals surface area contributed by atoms with Crippen LogP contribution in [0.15, 0.2) is 0 Å². The van der Waals surface area contributed by atoms with E-state index in [0.717, 1.165) is 25.9 Å². The molecule has 3 heteroatoms. The van der Waals surface area contributed by atoms with Gasteiger partial charge in [0.15, 0.2) is 0 Å². The zero-order valence-corrected chi connectivity index (χ0v) is 7.26. The molecule has 0 aromatic carbocycles. The van der Waals surface area contributed by atoms with Gasteiger partial charge in [-0.1, -0.05) is 0 Å². The molecule has 1 atom stereocenters. The maximum Gasteiger partial charge on any atom is 0.237 e. The molecule has 1 heterocycles. The van der Waals surface area contributed by atoms with Gasteiger partial charge in [0.05, 0.1) is 6.04 Å². The molecule has 64 valence electrons. The minimum absolute atomic E-state index is 0.134. The lowest BCUT2D eigenvalue weighted by atomic mass is 10.2. The first kappa shape index (κ1) is 8.53. The number of rotatable bonds is 2. The minimum Gasteiger partial charge on any atom is -0.355 e. The van der Waals surface area contributed by atoms with Crippen molar-refractivity contribution in [3.63, 3.8) is 0 Å². The van der Waals surface area contributed by atoms with Gasteiger partial charge in [-0.3, -0.25) is 9.69 Å². The molecule has 0 aromatic heterocycles. The molecule has 0 aliphatic carbocycles. The monoisotopic (exact) mass is 156 g/mol. The zero-order valence-electron chi connectivity index (χ0n) is 7.26. The van der Waals surface area contributed by atoms with Gasteiger partial charge >= 0.3 is 0 Å². The fraction of sp³-hybridized carbons (Fsp3) is 0.875.